The third kappa shape index (κ3) is 4.97. The molecule has 0 aliphatic heterocycles. The molecule has 148 valence electrons. The van der Waals surface area contributed by atoms with Gasteiger partial charge in [0.15, 0.2) is 0 Å². The highest BCUT2D eigenvalue weighted by molar-refractivity contribution is 5.29. The highest BCUT2D eigenvalue weighted by Gasteiger charge is 2.14. The molecule has 0 unspecified atom stereocenters. The van der Waals surface area contributed by atoms with E-state index in [1.165, 1.54) is 16.8 Å². The van der Waals surface area contributed by atoms with Crippen LogP contribution in [0, 0.1) is 0 Å². The van der Waals surface area contributed by atoms with Gasteiger partial charge in [0, 0.05) is 31.3 Å². The van der Waals surface area contributed by atoms with Gasteiger partial charge in [-0.15, -0.1) is 5.10 Å². The summed E-state index contributed by atoms with van der Waals surface area (Å²) in [7, 11) is 0. The van der Waals surface area contributed by atoms with Crippen molar-refractivity contribution >= 4 is 0 Å². The topological polar surface area (TPSA) is 106 Å². The van der Waals surface area contributed by atoms with Crippen LogP contribution in [-0.2, 0) is 19.5 Å². The number of aromatic nitrogens is 5. The van der Waals surface area contributed by atoms with Crippen molar-refractivity contribution in [1.29, 1.82) is 0 Å². The lowest BCUT2D eigenvalue weighted by Gasteiger charge is -2.17. The fraction of sp³-hybridized carbons (Fsp3) is 0.400. The molecule has 0 aliphatic carbocycles. The predicted molar refractivity (Wildman–Crippen MR) is 105 cm³/mol. The number of rotatable bonds is 9. The highest BCUT2D eigenvalue weighted by atomic mass is 16.3. The lowest BCUT2D eigenvalue weighted by Crippen LogP contribution is -2.28. The molecule has 0 spiro atoms. The maximum atomic E-state index is 11.7. The zero-order valence-corrected chi connectivity index (χ0v) is 15.9. The summed E-state index contributed by atoms with van der Waals surface area (Å²) in [6.45, 7) is 3.37. The van der Waals surface area contributed by atoms with Crippen molar-refractivity contribution < 1.29 is 5.11 Å². The van der Waals surface area contributed by atoms with Crippen LogP contribution in [0.3, 0.4) is 0 Å². The maximum absolute atomic E-state index is 11.7. The van der Waals surface area contributed by atoms with Crippen LogP contribution >= 0.6 is 0 Å². The third-order valence-electron chi connectivity index (χ3n) is 4.90. The van der Waals surface area contributed by atoms with Crippen LogP contribution in [0.1, 0.15) is 43.4 Å². The fourth-order valence-corrected chi connectivity index (χ4v) is 3.29. The van der Waals surface area contributed by atoms with E-state index in [2.05, 4.69) is 22.2 Å². The van der Waals surface area contributed by atoms with Crippen LogP contribution in [0.2, 0.25) is 0 Å². The number of nitrogens with zero attached hydrogens (tertiary/aromatic N) is 4. The van der Waals surface area contributed by atoms with E-state index in [-0.39, 0.29) is 22.9 Å². The monoisotopic (exact) mass is 383 g/mol. The van der Waals surface area contributed by atoms with E-state index in [0.717, 1.165) is 36.9 Å². The molecule has 3 rings (SSSR count). The van der Waals surface area contributed by atoms with Gasteiger partial charge in [0.05, 0.1) is 11.9 Å². The van der Waals surface area contributed by atoms with E-state index in [1.54, 1.807) is 18.3 Å². The Labute approximate surface area is 162 Å². The van der Waals surface area contributed by atoms with Gasteiger partial charge in [-0.25, -0.2) is 9.48 Å². The molecule has 1 atom stereocenters. The van der Waals surface area contributed by atoms with Crippen molar-refractivity contribution in [3.63, 3.8) is 0 Å². The summed E-state index contributed by atoms with van der Waals surface area (Å²) < 4.78 is 3.43. The molecule has 3 aromatic rings. The first-order chi connectivity index (χ1) is 13.6. The Morgan fingerprint density at radius 3 is 2.82 bits per heavy atom. The van der Waals surface area contributed by atoms with E-state index < -0.39 is 0 Å². The van der Waals surface area contributed by atoms with Gasteiger partial charge in [-0.2, -0.15) is 0 Å². The molecule has 0 saturated heterocycles. The van der Waals surface area contributed by atoms with Gasteiger partial charge in [0.1, 0.15) is 5.75 Å². The smallest absolute Gasteiger partial charge is 0.328 e. The molecule has 2 N–H and O–H groups in total. The zero-order chi connectivity index (χ0) is 19.9. The molecule has 0 amide bonds. The van der Waals surface area contributed by atoms with Crippen LogP contribution in [0.15, 0.2) is 52.3 Å². The number of unbranched alkanes of at least 4 members (excludes halogenated alkanes) is 1. The molecule has 2 aromatic heterocycles. The molecular formula is C20H25N5O3. The van der Waals surface area contributed by atoms with Gasteiger partial charge < -0.3 is 9.67 Å². The minimum atomic E-state index is -0.381. The van der Waals surface area contributed by atoms with E-state index in [4.69, 9.17) is 0 Å². The van der Waals surface area contributed by atoms with E-state index in [0.29, 0.717) is 13.1 Å². The lowest BCUT2D eigenvalue weighted by atomic mass is 9.96. The number of aryl methyl sites for hydroxylation is 2. The number of aromatic amines is 1. The van der Waals surface area contributed by atoms with Crippen LogP contribution in [0.25, 0.3) is 0 Å². The van der Waals surface area contributed by atoms with Gasteiger partial charge in [-0.05, 0) is 43.4 Å². The zero-order valence-electron chi connectivity index (χ0n) is 15.9. The number of phenols is 1. The van der Waals surface area contributed by atoms with Crippen molar-refractivity contribution in [2.75, 3.05) is 0 Å². The molecule has 2 heterocycles. The van der Waals surface area contributed by atoms with Crippen LogP contribution in [0.4, 0.5) is 0 Å². The van der Waals surface area contributed by atoms with E-state index in [9.17, 15) is 14.7 Å². The molecule has 0 fully saturated rings. The lowest BCUT2D eigenvalue weighted by molar-refractivity contribution is 0.460. The minimum Gasteiger partial charge on any atom is -0.508 e. The average molecular weight is 383 g/mol. The van der Waals surface area contributed by atoms with E-state index in [1.807, 2.05) is 16.8 Å². The molecule has 0 saturated carbocycles. The molecule has 0 bridgehead atoms. The molecule has 1 aromatic carbocycles. The van der Waals surface area contributed by atoms with Crippen LogP contribution in [0.5, 0.6) is 5.75 Å². The quantitative estimate of drug-likeness (QED) is 0.550. The third-order valence-corrected chi connectivity index (χ3v) is 4.90. The molecular weight excluding hydrogens is 358 g/mol. The normalized spacial score (nSPS) is 12.2. The summed E-state index contributed by atoms with van der Waals surface area (Å²) in [5.74, 6) is 0.513. The molecule has 0 radical (unpaired) electrons. The highest BCUT2D eigenvalue weighted by Crippen LogP contribution is 2.25. The number of hydrogen-bond donors (Lipinski definition) is 2. The van der Waals surface area contributed by atoms with Crippen molar-refractivity contribution in [2.24, 2.45) is 0 Å². The Bertz CT molecular complexity index is 1020. The maximum Gasteiger partial charge on any atom is 0.328 e. The summed E-state index contributed by atoms with van der Waals surface area (Å²) in [6, 6.07) is 8.70. The molecule has 8 nitrogen and oxygen atoms in total. The summed E-state index contributed by atoms with van der Waals surface area (Å²) in [6.07, 6.45) is 6.72. The molecule has 28 heavy (non-hydrogen) atoms. The first kappa shape index (κ1) is 19.6. The summed E-state index contributed by atoms with van der Waals surface area (Å²) in [5, 5.41) is 18.0. The first-order valence-electron chi connectivity index (χ1n) is 9.53. The number of phenolic OH excluding ortho intramolecular Hbond substituents is 1. The summed E-state index contributed by atoms with van der Waals surface area (Å²) >= 11 is 0. The van der Waals surface area contributed by atoms with E-state index >= 15 is 0 Å². The minimum absolute atomic E-state index is 0.243. The fourth-order valence-electron chi connectivity index (χ4n) is 3.29. The van der Waals surface area contributed by atoms with Gasteiger partial charge in [0.25, 0.3) is 5.56 Å². The van der Waals surface area contributed by atoms with Gasteiger partial charge in [0.2, 0.25) is 0 Å². The number of benzene rings is 1. The van der Waals surface area contributed by atoms with Crippen LogP contribution < -0.4 is 11.2 Å². The van der Waals surface area contributed by atoms with Gasteiger partial charge in [-0.1, -0.05) is 24.3 Å². The predicted octanol–water partition coefficient (Wildman–Crippen LogP) is 2.05. The standard InChI is InChI=1S/C20H25N5O3/c1-2-15(16-6-5-8-18(26)12-16)14-25-17(13-21-23-25)7-3-4-10-24-11-9-19(27)22-20(24)28/h5-6,8-9,11-13,15,26H,2-4,7,10,14H2,1H3,(H,22,27,28)/t15-/m0/s1. The van der Waals surface area contributed by atoms with Gasteiger partial charge >= 0.3 is 5.69 Å². The van der Waals surface area contributed by atoms with Crippen molar-refractivity contribution in [3.05, 3.63) is 74.8 Å². The second-order valence-corrected chi connectivity index (χ2v) is 6.87. The Morgan fingerprint density at radius 2 is 2.07 bits per heavy atom. The number of nitrogens with one attached hydrogen (secondary N) is 1. The Hall–Kier alpha value is -3.16. The van der Waals surface area contributed by atoms with Crippen LogP contribution in [-0.4, -0.2) is 29.7 Å². The van der Waals surface area contributed by atoms with Crippen molar-refractivity contribution in [1.82, 2.24) is 24.5 Å². The van der Waals surface area contributed by atoms with Crippen molar-refractivity contribution in [3.8, 4) is 5.75 Å². The second kappa shape index (κ2) is 9.16. The number of aromatic hydroxyl groups is 1. The Balaban J connectivity index is 1.57. The van der Waals surface area contributed by atoms with Gasteiger partial charge in [-0.3, -0.25) is 9.78 Å². The second-order valence-electron chi connectivity index (χ2n) is 6.87. The largest absolute Gasteiger partial charge is 0.508 e. The SMILES string of the molecule is CC[C@@H](Cn1nncc1CCCCn1ccc(=O)[nH]c1=O)c1cccc(O)c1. The summed E-state index contributed by atoms with van der Waals surface area (Å²) in [5.41, 5.74) is 1.37. The first-order valence-corrected chi connectivity index (χ1v) is 9.53. The number of hydrogen-bond acceptors (Lipinski definition) is 5. The Morgan fingerprint density at radius 1 is 1.21 bits per heavy atom. The summed E-state index contributed by atoms with van der Waals surface area (Å²) in [4.78, 5) is 25.1. The Kier molecular flexibility index (Phi) is 6.41. The number of H-pyrrole nitrogens is 1. The molecule has 0 aliphatic rings. The average Bonchev–Trinajstić information content (AvgIpc) is 3.11. The molecule has 8 heteroatoms. The van der Waals surface area contributed by atoms with Crippen molar-refractivity contribution in [2.45, 2.75) is 51.6 Å².